The average Bonchev–Trinajstić information content (AvgIpc) is 3.32. The number of nitrogens with two attached hydrogens (primary N) is 3. The average molecular weight is 1020 g/mol. The first-order valence-corrected chi connectivity index (χ1v) is 23.5. The lowest BCUT2D eigenvalue weighted by Crippen LogP contribution is -2.59. The molecule has 0 saturated carbocycles. The molecule has 0 unspecified atom stereocenters. The lowest BCUT2D eigenvalue weighted by Gasteiger charge is -2.26. The van der Waals surface area contributed by atoms with Gasteiger partial charge in [-0.3, -0.25) is 43.2 Å². The highest BCUT2D eigenvalue weighted by molar-refractivity contribution is 6.00. The lowest BCUT2D eigenvalue weighted by molar-refractivity contribution is -0.142. The maximum Gasteiger partial charge on any atom is 0.326 e. The first-order chi connectivity index (χ1) is 34.0. The lowest BCUT2D eigenvalue weighted by atomic mass is 10.0. The van der Waals surface area contributed by atoms with E-state index in [0.29, 0.717) is 50.0 Å². The van der Waals surface area contributed by atoms with Gasteiger partial charge in [-0.2, -0.15) is 0 Å². The summed E-state index contributed by atoms with van der Waals surface area (Å²) < 4.78 is 27.9. The molecule has 9 atom stereocenters. The Morgan fingerprint density at radius 3 is 1.28 bits per heavy atom. The third-order valence-electron chi connectivity index (χ3n) is 11.0. The molecule has 9 amide bonds. The van der Waals surface area contributed by atoms with Crippen LogP contribution in [0.15, 0.2) is 54.6 Å². The highest BCUT2D eigenvalue weighted by Gasteiger charge is 2.33. The zero-order valence-electron chi connectivity index (χ0n) is 41.1. The highest BCUT2D eigenvalue weighted by atomic mass is 19.3. The topological polar surface area (TPSA) is 377 Å². The van der Waals surface area contributed by atoms with Crippen molar-refractivity contribution >= 4 is 64.8 Å². The summed E-state index contributed by atoms with van der Waals surface area (Å²) in [6.45, 7) is 7.05. The van der Waals surface area contributed by atoms with E-state index in [4.69, 9.17) is 17.2 Å². The first kappa shape index (κ1) is 60.8. The van der Waals surface area contributed by atoms with E-state index in [9.17, 15) is 61.8 Å². The number of carbonyl (C=O) groups excluding carboxylic acids is 9. The van der Waals surface area contributed by atoms with Crippen LogP contribution in [0, 0.1) is 0 Å². The van der Waals surface area contributed by atoms with Crippen LogP contribution in [-0.2, 0) is 49.6 Å². The molecule has 0 aliphatic carbocycles. The summed E-state index contributed by atoms with van der Waals surface area (Å²) in [5.41, 5.74) is 17.9. The Hall–Kier alpha value is -7.28. The second-order valence-corrected chi connectivity index (χ2v) is 17.2. The third kappa shape index (κ3) is 21.8. The summed E-state index contributed by atoms with van der Waals surface area (Å²) in [6.07, 6.45) is -2.35. The van der Waals surface area contributed by atoms with E-state index < -0.39 is 126 Å². The number of hydrogen-bond donors (Lipinski definition) is 13. The molecule has 0 bridgehead atoms. The van der Waals surface area contributed by atoms with Gasteiger partial charge in [-0.1, -0.05) is 30.3 Å². The van der Waals surface area contributed by atoms with Crippen molar-refractivity contribution in [2.75, 3.05) is 18.8 Å². The predicted molar refractivity (Wildman–Crippen MR) is 260 cm³/mol. The Bertz CT molecular complexity index is 2160. The largest absolute Gasteiger partial charge is 0.480 e. The van der Waals surface area contributed by atoms with E-state index in [1.54, 1.807) is 30.3 Å². The number of alkyl halides is 2. The van der Waals surface area contributed by atoms with E-state index in [-0.39, 0.29) is 24.8 Å². The van der Waals surface area contributed by atoms with Gasteiger partial charge < -0.3 is 70.2 Å². The number of amides is 9. The summed E-state index contributed by atoms with van der Waals surface area (Å²) >= 11 is 0. The van der Waals surface area contributed by atoms with Gasteiger partial charge in [0, 0.05) is 24.1 Å². The van der Waals surface area contributed by atoms with Crippen LogP contribution in [0.4, 0.5) is 14.5 Å². The molecular weight excluding hydrogens is 947 g/mol. The number of carbonyl (C=O) groups is 10. The molecule has 398 valence electrons. The van der Waals surface area contributed by atoms with E-state index >= 15 is 0 Å². The third-order valence-corrected chi connectivity index (χ3v) is 11.0. The number of rotatable bonds is 31. The summed E-state index contributed by atoms with van der Waals surface area (Å²) in [7, 11) is 0. The first-order valence-electron chi connectivity index (χ1n) is 23.5. The van der Waals surface area contributed by atoms with Gasteiger partial charge in [0.15, 0.2) is 0 Å². The van der Waals surface area contributed by atoms with Crippen molar-refractivity contribution in [1.82, 2.24) is 47.9 Å². The van der Waals surface area contributed by atoms with Gasteiger partial charge in [0.05, 0.1) is 0 Å². The van der Waals surface area contributed by atoms with Crippen LogP contribution in [0.5, 0.6) is 0 Å². The SMILES string of the molecule is C[C@H](NC(=O)[C@H](C)NC(=O)[C@H](C)NC(=O)[C@H](Cc1ccccc1)NC(=O)[C@H](CC(F)F)NC(=O)[C@H](C)NC(=O)[C@H](CCCCN)NC(=O)c1ccc(N)cc1)C(=O)N[C@@H](C)C(=O)N[C@@H](CCCCN)C(=O)O. The maximum atomic E-state index is 13.9. The number of carboxylic acid groups (broad SMARTS) is 1. The minimum Gasteiger partial charge on any atom is -0.480 e. The van der Waals surface area contributed by atoms with Gasteiger partial charge in [0.25, 0.3) is 5.91 Å². The van der Waals surface area contributed by atoms with Crippen LogP contribution in [0.1, 0.15) is 95.5 Å². The molecule has 0 saturated heterocycles. The number of hydrogen-bond acceptors (Lipinski definition) is 13. The monoisotopic (exact) mass is 1020 g/mol. The molecule has 0 spiro atoms. The summed E-state index contributed by atoms with van der Waals surface area (Å²) in [6, 6.07) is 1.80. The van der Waals surface area contributed by atoms with Crippen LogP contribution < -0.4 is 65.1 Å². The van der Waals surface area contributed by atoms with Crippen molar-refractivity contribution in [3.05, 3.63) is 65.7 Å². The van der Waals surface area contributed by atoms with E-state index in [1.807, 2.05) is 0 Å². The zero-order chi connectivity index (χ0) is 54.1. The minimum atomic E-state index is -3.13. The van der Waals surface area contributed by atoms with E-state index in [2.05, 4.69) is 47.9 Å². The number of nitrogens with one attached hydrogen (secondary N) is 9. The number of benzene rings is 2. The Labute approximate surface area is 416 Å². The van der Waals surface area contributed by atoms with Gasteiger partial charge in [-0.15, -0.1) is 0 Å². The van der Waals surface area contributed by atoms with Gasteiger partial charge >= 0.3 is 5.97 Å². The molecule has 0 aliphatic rings. The van der Waals surface area contributed by atoms with Crippen molar-refractivity contribution < 1.29 is 61.8 Å². The van der Waals surface area contributed by atoms with Gasteiger partial charge in [0.2, 0.25) is 53.7 Å². The van der Waals surface area contributed by atoms with Gasteiger partial charge in [-0.25, -0.2) is 13.6 Å². The number of halogens is 2. The molecule has 2 aromatic rings. The highest BCUT2D eigenvalue weighted by Crippen LogP contribution is 2.11. The molecule has 23 nitrogen and oxygen atoms in total. The van der Waals surface area contributed by atoms with E-state index in [1.165, 1.54) is 58.9 Å². The Morgan fingerprint density at radius 1 is 0.472 bits per heavy atom. The second-order valence-electron chi connectivity index (χ2n) is 17.2. The maximum absolute atomic E-state index is 13.9. The van der Waals surface area contributed by atoms with Crippen molar-refractivity contribution in [3.63, 3.8) is 0 Å². The Kier molecular flexibility index (Phi) is 26.3. The van der Waals surface area contributed by atoms with Crippen LogP contribution >= 0.6 is 0 Å². The van der Waals surface area contributed by atoms with Crippen molar-refractivity contribution in [2.45, 2.75) is 147 Å². The van der Waals surface area contributed by atoms with E-state index in [0.717, 1.165) is 0 Å². The quantitative estimate of drug-likeness (QED) is 0.0305. The van der Waals surface area contributed by atoms with Crippen LogP contribution in [0.2, 0.25) is 0 Å². The summed E-state index contributed by atoms with van der Waals surface area (Å²) in [5, 5.41) is 31.0. The van der Waals surface area contributed by atoms with Crippen molar-refractivity contribution in [1.29, 1.82) is 0 Å². The van der Waals surface area contributed by atoms with Crippen LogP contribution in [0.25, 0.3) is 0 Å². The van der Waals surface area contributed by atoms with Gasteiger partial charge in [0.1, 0.15) is 54.4 Å². The molecule has 0 fully saturated rings. The molecule has 16 N–H and O–H groups in total. The molecule has 2 rings (SSSR count). The molecule has 72 heavy (non-hydrogen) atoms. The molecule has 0 aromatic heterocycles. The van der Waals surface area contributed by atoms with Crippen LogP contribution in [0.3, 0.4) is 0 Å². The number of aliphatic carboxylic acids is 1. The zero-order valence-corrected chi connectivity index (χ0v) is 41.1. The Balaban J connectivity index is 2.11. The summed E-state index contributed by atoms with van der Waals surface area (Å²) in [5.74, 6) is -9.17. The molecule has 2 aromatic carbocycles. The predicted octanol–water partition coefficient (Wildman–Crippen LogP) is -1.41. The molecule has 0 aliphatic heterocycles. The number of anilines is 1. The van der Waals surface area contributed by atoms with Crippen LogP contribution in [-0.4, -0.2) is 138 Å². The minimum absolute atomic E-state index is 0.120. The number of carboxylic acids is 1. The van der Waals surface area contributed by atoms with Crippen molar-refractivity contribution in [2.24, 2.45) is 11.5 Å². The van der Waals surface area contributed by atoms with Crippen molar-refractivity contribution in [3.8, 4) is 0 Å². The smallest absolute Gasteiger partial charge is 0.326 e. The fourth-order valence-corrected chi connectivity index (χ4v) is 6.69. The Morgan fingerprint density at radius 2 is 0.847 bits per heavy atom. The number of unbranched alkanes of at least 4 members (excludes halogenated alkanes) is 2. The fourth-order valence-electron chi connectivity index (χ4n) is 6.69. The summed E-state index contributed by atoms with van der Waals surface area (Å²) in [4.78, 5) is 130. The molecular formula is C47H70F2N12O11. The standard InChI is InChI=1S/C47H70F2N12O11/c1-25(38(62)53-26(2)39(63)55-28(4)41(65)59-34(47(71)72)16-10-12-22-51)54-40(64)27(3)57-45(69)35(23-30-13-7-6-8-14-30)61-46(70)36(24-37(48)49)60-42(66)29(5)56-44(68)33(15-9-11-21-50)58-43(67)31-17-19-32(52)20-18-31/h6-8,13-14,17-20,25-29,33-37H,9-12,15-16,21-24,50-52H2,1-5H3,(H,53,62)(H,54,64)(H,55,63)(H,56,68)(H,57,69)(H,58,67)(H,59,65)(H,60,66)(H,61,70)(H,71,72)/t25-,26-,27-,28-,29-,33-,34-,35-,36-/m0/s1. The normalized spacial score (nSPS) is 14.8. The molecule has 0 heterocycles. The molecule has 25 heteroatoms. The second kappa shape index (κ2) is 31.1. The fraction of sp³-hybridized carbons (Fsp3) is 0.532. The van der Waals surface area contributed by atoms with Gasteiger partial charge in [-0.05, 0) is 116 Å². The molecule has 0 radical (unpaired) electrons. The number of nitrogen functional groups attached to an aromatic ring is 1.